The second kappa shape index (κ2) is 20.6. The standard InChI is InChI=1S/C39H32OP2.C12H10N.CH4O3S.Pd/c1-39(2)33-25-15-27-35(41(29-17-7-3-8-18-29)30-19-9-4-10-20-30)37(33)40-38-34(39)26-16-28-36(38)42(31-21-11-5-12-22-31)32-23-13-6-14-24-32;13-12-9-5-4-8-11(12)10-6-2-1-3-7-10;1-5(2,3)4;/h3-28H,1-2H3;1-6,8-9H,13H2;1H3,(H,2,3,4);/p-1. The Hall–Kier alpha value is -5.21. The number of hydrogen-bond donors (Lipinski definition) is 1. The topological polar surface area (TPSA) is 92.5 Å². The smallest absolute Gasteiger partial charge is 0.139 e. The van der Waals surface area contributed by atoms with Gasteiger partial charge in [-0.25, -0.2) is 8.42 Å². The van der Waals surface area contributed by atoms with Gasteiger partial charge in [0.1, 0.15) is 11.5 Å². The van der Waals surface area contributed by atoms with Crippen LogP contribution in [0.15, 0.2) is 206 Å². The minimum atomic E-state index is -3.92. The second-order valence-electron chi connectivity index (χ2n) is 14.6. The summed E-state index contributed by atoms with van der Waals surface area (Å²) in [6, 6.07) is 75.9. The van der Waals surface area contributed by atoms with Gasteiger partial charge in [-0.1, -0.05) is 214 Å². The first-order chi connectivity index (χ1) is 29.0. The Bertz CT molecular complexity index is 2540. The van der Waals surface area contributed by atoms with Crippen molar-refractivity contribution in [3.8, 4) is 22.6 Å². The SMILES string of the molecule is CC1(C)c2cccc(P(c3ccccc3)c3ccccc3)c2Oc2c(P(c3ccccc3)c3ccccc3)cccc21.CS(=O)(=O)[O-].Nc1ccccc1-c1[c]cccc1.[Pd]. The van der Waals surface area contributed by atoms with Crippen molar-refractivity contribution in [1.82, 2.24) is 0 Å². The van der Waals surface area contributed by atoms with E-state index >= 15 is 0 Å². The van der Waals surface area contributed by atoms with Crippen molar-refractivity contribution in [2.75, 3.05) is 12.0 Å². The summed E-state index contributed by atoms with van der Waals surface area (Å²) >= 11 is 0. The fourth-order valence-corrected chi connectivity index (χ4v) is 12.1. The molecular weight excluding hydrogens is 903 g/mol. The molecule has 8 aromatic carbocycles. The van der Waals surface area contributed by atoms with Gasteiger partial charge in [-0.05, 0) is 54.8 Å². The van der Waals surface area contributed by atoms with Crippen LogP contribution in [0.25, 0.3) is 11.1 Å². The van der Waals surface area contributed by atoms with Crippen molar-refractivity contribution in [2.45, 2.75) is 19.3 Å². The molecule has 9 rings (SSSR count). The van der Waals surface area contributed by atoms with E-state index in [-0.39, 0.29) is 25.8 Å². The zero-order valence-corrected chi connectivity index (χ0v) is 38.1. The second-order valence-corrected chi connectivity index (χ2v) is 20.4. The van der Waals surface area contributed by atoms with Crippen LogP contribution in [0.1, 0.15) is 25.0 Å². The Balaban J connectivity index is 0.000000272. The van der Waals surface area contributed by atoms with E-state index in [1.165, 1.54) is 43.0 Å². The molecule has 1 aliphatic rings. The molecule has 0 aromatic heterocycles. The summed E-state index contributed by atoms with van der Waals surface area (Å²) in [6.07, 6.45) is 0.604. The molecule has 0 bridgehead atoms. The van der Waals surface area contributed by atoms with Crippen LogP contribution in [-0.4, -0.2) is 19.2 Å². The van der Waals surface area contributed by atoms with Crippen molar-refractivity contribution in [3.05, 3.63) is 223 Å². The molecule has 309 valence electrons. The molecule has 0 atom stereocenters. The normalized spacial score (nSPS) is 12.2. The third-order valence-electron chi connectivity index (χ3n) is 10.0. The van der Waals surface area contributed by atoms with Crippen molar-refractivity contribution >= 4 is 63.5 Å². The third kappa shape index (κ3) is 11.0. The van der Waals surface area contributed by atoms with E-state index in [2.05, 4.69) is 178 Å². The Kier molecular flexibility index (Phi) is 15.3. The fourth-order valence-electron chi connectivity index (χ4n) is 7.31. The maximum atomic E-state index is 9.08. The Morgan fingerprint density at radius 1 is 0.525 bits per heavy atom. The number of nitrogen functional groups attached to an aromatic ring is 1. The van der Waals surface area contributed by atoms with Crippen molar-refractivity contribution in [2.24, 2.45) is 0 Å². The van der Waals surface area contributed by atoms with Crippen LogP contribution in [0.5, 0.6) is 11.5 Å². The number of para-hydroxylation sites is 3. The number of nitrogens with two attached hydrogens (primary N) is 1. The summed E-state index contributed by atoms with van der Waals surface area (Å²) in [5.74, 6) is 2.02. The molecule has 2 N–H and O–H groups in total. The van der Waals surface area contributed by atoms with E-state index in [0.29, 0.717) is 6.26 Å². The van der Waals surface area contributed by atoms with Gasteiger partial charge in [0, 0.05) is 65.1 Å². The molecule has 0 unspecified atom stereocenters. The van der Waals surface area contributed by atoms with Crippen molar-refractivity contribution < 1.29 is 38.1 Å². The first-order valence-electron chi connectivity index (χ1n) is 19.5. The van der Waals surface area contributed by atoms with E-state index in [4.69, 9.17) is 23.4 Å². The van der Waals surface area contributed by atoms with Crippen LogP contribution >= 0.6 is 15.8 Å². The van der Waals surface area contributed by atoms with Gasteiger partial charge in [-0.3, -0.25) is 0 Å². The molecule has 0 aliphatic carbocycles. The van der Waals surface area contributed by atoms with Crippen molar-refractivity contribution in [3.63, 3.8) is 0 Å². The van der Waals surface area contributed by atoms with Crippen LogP contribution in [-0.2, 0) is 36.0 Å². The van der Waals surface area contributed by atoms with Gasteiger partial charge >= 0.3 is 0 Å². The maximum absolute atomic E-state index is 9.08. The Labute approximate surface area is 376 Å². The number of benzene rings is 8. The molecule has 0 spiro atoms. The predicted molar refractivity (Wildman–Crippen MR) is 253 cm³/mol. The summed E-state index contributed by atoms with van der Waals surface area (Å²) in [6.45, 7) is 4.70. The van der Waals surface area contributed by atoms with Gasteiger partial charge in [0.15, 0.2) is 0 Å². The van der Waals surface area contributed by atoms with Crippen LogP contribution in [0, 0.1) is 6.07 Å². The van der Waals surface area contributed by atoms with Gasteiger partial charge in [0.2, 0.25) is 0 Å². The van der Waals surface area contributed by atoms with E-state index < -0.39 is 26.0 Å². The predicted octanol–water partition coefficient (Wildman–Crippen LogP) is 9.53. The first-order valence-corrected chi connectivity index (χ1v) is 24.0. The zero-order valence-electron chi connectivity index (χ0n) is 34.0. The number of rotatable bonds is 7. The van der Waals surface area contributed by atoms with Gasteiger partial charge in [-0.15, -0.1) is 0 Å². The summed E-state index contributed by atoms with van der Waals surface area (Å²) in [7, 11) is -5.56. The van der Waals surface area contributed by atoms with Gasteiger partial charge in [0.25, 0.3) is 0 Å². The number of ether oxygens (including phenoxy) is 1. The average molecular weight is 948 g/mol. The number of anilines is 1. The minimum absolute atomic E-state index is 0. The minimum Gasteiger partial charge on any atom is -0.748 e. The zero-order chi connectivity index (χ0) is 42.1. The molecule has 0 saturated heterocycles. The molecule has 5 nitrogen and oxygen atoms in total. The molecule has 0 saturated carbocycles. The summed E-state index contributed by atoms with van der Waals surface area (Å²) in [5, 5.41) is 7.81. The molecule has 0 fully saturated rings. The molecule has 0 amide bonds. The average Bonchev–Trinajstić information content (AvgIpc) is 3.26. The molecular formula is C52H45NO4P2PdS-. The molecule has 61 heavy (non-hydrogen) atoms. The van der Waals surface area contributed by atoms with Crippen LogP contribution < -0.4 is 42.3 Å². The third-order valence-corrected chi connectivity index (χ3v) is 15.0. The largest absolute Gasteiger partial charge is 0.748 e. The maximum Gasteiger partial charge on any atom is 0.139 e. The van der Waals surface area contributed by atoms with E-state index in [0.717, 1.165) is 28.3 Å². The molecule has 1 radical (unpaired) electrons. The first kappa shape index (κ1) is 45.3. The number of fused-ring (bicyclic) bond motifs is 2. The Morgan fingerprint density at radius 2 is 0.885 bits per heavy atom. The van der Waals surface area contributed by atoms with Crippen molar-refractivity contribution in [1.29, 1.82) is 0 Å². The quantitative estimate of drug-likeness (QED) is 0.0745. The van der Waals surface area contributed by atoms with Crippen LogP contribution in [0.3, 0.4) is 0 Å². The fraction of sp³-hybridized carbons (Fsp3) is 0.0769. The van der Waals surface area contributed by atoms with Gasteiger partial charge in [0.05, 0.1) is 10.1 Å². The van der Waals surface area contributed by atoms with E-state index in [9.17, 15) is 0 Å². The van der Waals surface area contributed by atoms with Gasteiger partial charge in [-0.2, -0.15) is 0 Å². The molecule has 1 aliphatic heterocycles. The van der Waals surface area contributed by atoms with Crippen LogP contribution in [0.4, 0.5) is 5.69 Å². The van der Waals surface area contributed by atoms with Crippen LogP contribution in [0.2, 0.25) is 0 Å². The molecule has 8 aromatic rings. The summed E-state index contributed by atoms with van der Waals surface area (Å²) in [4.78, 5) is 0. The van der Waals surface area contributed by atoms with E-state index in [1.54, 1.807) is 0 Å². The summed E-state index contributed by atoms with van der Waals surface area (Å²) in [5.41, 5.74) is 11.0. The summed E-state index contributed by atoms with van der Waals surface area (Å²) < 4.78 is 34.5. The molecule has 9 heteroatoms. The van der Waals surface area contributed by atoms with E-state index in [1.807, 2.05) is 48.5 Å². The molecule has 1 heterocycles. The van der Waals surface area contributed by atoms with Gasteiger partial charge < -0.3 is 15.0 Å². The Morgan fingerprint density at radius 3 is 1.25 bits per heavy atom. The monoisotopic (exact) mass is 947 g/mol. The number of hydrogen-bond acceptors (Lipinski definition) is 5.